The van der Waals surface area contributed by atoms with Crippen molar-refractivity contribution in [1.29, 1.82) is 0 Å². The van der Waals surface area contributed by atoms with Crippen LogP contribution in [-0.2, 0) is 6.42 Å². The van der Waals surface area contributed by atoms with Gasteiger partial charge in [-0.1, -0.05) is 24.4 Å². The Bertz CT molecular complexity index is 395. The molecule has 0 bridgehead atoms. The van der Waals surface area contributed by atoms with Crippen LogP contribution < -0.4 is 5.32 Å². The molecule has 0 spiro atoms. The van der Waals surface area contributed by atoms with Crippen LogP contribution in [0.4, 0.5) is 0 Å². The van der Waals surface area contributed by atoms with Gasteiger partial charge in [0.25, 0.3) is 0 Å². The molecule has 0 amide bonds. The number of rotatable bonds is 3. The van der Waals surface area contributed by atoms with Gasteiger partial charge in [0.05, 0.1) is 4.34 Å². The van der Waals surface area contributed by atoms with Crippen LogP contribution in [0.2, 0.25) is 4.34 Å². The predicted octanol–water partition coefficient (Wildman–Crippen LogP) is 4.56. The Morgan fingerprint density at radius 2 is 2.12 bits per heavy atom. The van der Waals surface area contributed by atoms with Crippen molar-refractivity contribution in [1.82, 2.24) is 5.32 Å². The van der Waals surface area contributed by atoms with Crippen LogP contribution in [0.25, 0.3) is 0 Å². The molecule has 2 aliphatic rings. The van der Waals surface area contributed by atoms with Crippen LogP contribution in [0.3, 0.4) is 0 Å². The highest BCUT2D eigenvalue weighted by atomic mass is 35.5. The third-order valence-corrected chi connectivity index (χ3v) is 5.76. The topological polar surface area (TPSA) is 12.0 Å². The van der Waals surface area contributed by atoms with E-state index in [1.54, 1.807) is 11.3 Å². The van der Waals surface area contributed by atoms with E-state index >= 15 is 0 Å². The smallest absolute Gasteiger partial charge is 0.0934 e. The number of hydrogen-bond acceptors (Lipinski definition) is 2. The highest BCUT2D eigenvalue weighted by Crippen LogP contribution is 2.40. The molecule has 3 rings (SSSR count). The summed E-state index contributed by atoms with van der Waals surface area (Å²) >= 11 is 7.86. The summed E-state index contributed by atoms with van der Waals surface area (Å²) in [6.07, 6.45) is 8.15. The third kappa shape index (κ3) is 2.40. The van der Waals surface area contributed by atoms with Gasteiger partial charge in [0.15, 0.2) is 0 Å². The van der Waals surface area contributed by atoms with Crippen LogP contribution in [0.1, 0.15) is 55.5 Å². The van der Waals surface area contributed by atoms with Gasteiger partial charge >= 0.3 is 0 Å². The molecule has 2 aliphatic carbocycles. The average molecular weight is 270 g/mol. The number of hydrogen-bond donors (Lipinski definition) is 1. The molecule has 3 heteroatoms. The SMILES string of the molecule is CC(NC1CCc2sc(Cl)cc21)C1CCCC1. The molecule has 0 saturated heterocycles. The largest absolute Gasteiger partial charge is 0.307 e. The molecule has 1 nitrogen and oxygen atoms in total. The van der Waals surface area contributed by atoms with Crippen molar-refractivity contribution in [3.8, 4) is 0 Å². The lowest BCUT2D eigenvalue weighted by molar-refractivity contribution is 0.342. The molecule has 0 radical (unpaired) electrons. The molecular formula is C14H20ClNS. The Morgan fingerprint density at radius 3 is 2.88 bits per heavy atom. The minimum atomic E-state index is 0.560. The van der Waals surface area contributed by atoms with Crippen LogP contribution in [0.5, 0.6) is 0 Å². The van der Waals surface area contributed by atoms with E-state index in [0.29, 0.717) is 12.1 Å². The summed E-state index contributed by atoms with van der Waals surface area (Å²) in [6, 6.07) is 3.39. The minimum Gasteiger partial charge on any atom is -0.307 e. The zero-order chi connectivity index (χ0) is 11.8. The summed E-state index contributed by atoms with van der Waals surface area (Å²) in [5.74, 6) is 0.896. The number of fused-ring (bicyclic) bond motifs is 1. The molecular weight excluding hydrogens is 250 g/mol. The van der Waals surface area contributed by atoms with Gasteiger partial charge in [-0.25, -0.2) is 0 Å². The van der Waals surface area contributed by atoms with Gasteiger partial charge in [-0.15, -0.1) is 11.3 Å². The van der Waals surface area contributed by atoms with E-state index in [-0.39, 0.29) is 0 Å². The Hall–Kier alpha value is -0.0500. The first-order valence-electron chi connectivity index (χ1n) is 6.78. The summed E-state index contributed by atoms with van der Waals surface area (Å²) in [7, 11) is 0. The summed E-state index contributed by atoms with van der Waals surface area (Å²) in [5.41, 5.74) is 1.48. The van der Waals surface area contributed by atoms with Crippen molar-refractivity contribution in [3.63, 3.8) is 0 Å². The molecule has 2 atom stereocenters. The highest BCUT2D eigenvalue weighted by molar-refractivity contribution is 7.16. The lowest BCUT2D eigenvalue weighted by atomic mass is 9.98. The summed E-state index contributed by atoms with van der Waals surface area (Å²) < 4.78 is 0.954. The van der Waals surface area contributed by atoms with E-state index in [0.717, 1.165) is 10.3 Å². The third-order valence-electron chi connectivity index (χ3n) is 4.42. The molecule has 1 N–H and O–H groups in total. The van der Waals surface area contributed by atoms with Crippen LogP contribution in [0.15, 0.2) is 6.07 Å². The van der Waals surface area contributed by atoms with Crippen molar-refractivity contribution in [2.45, 2.75) is 57.5 Å². The van der Waals surface area contributed by atoms with Gasteiger partial charge in [-0.05, 0) is 50.2 Å². The molecule has 1 aromatic heterocycles. The Kier molecular flexibility index (Phi) is 3.47. The van der Waals surface area contributed by atoms with Crippen molar-refractivity contribution in [2.75, 3.05) is 0 Å². The fourth-order valence-corrected chi connectivity index (χ4v) is 4.77. The molecule has 1 heterocycles. The lowest BCUT2D eigenvalue weighted by Gasteiger charge is -2.24. The zero-order valence-electron chi connectivity index (χ0n) is 10.3. The molecule has 94 valence electrons. The average Bonchev–Trinajstić information content (AvgIpc) is 2.96. The standard InChI is InChI=1S/C14H20ClNS/c1-9(10-4-2-3-5-10)16-12-6-7-13-11(12)8-14(15)17-13/h8-10,12,16H,2-7H2,1H3. The normalized spacial score (nSPS) is 26.4. The van der Waals surface area contributed by atoms with Gasteiger partial charge in [0.1, 0.15) is 0 Å². The lowest BCUT2D eigenvalue weighted by Crippen LogP contribution is -2.34. The second-order valence-electron chi connectivity index (χ2n) is 5.52. The molecule has 1 aromatic rings. The van der Waals surface area contributed by atoms with E-state index in [9.17, 15) is 0 Å². The Balaban J connectivity index is 1.66. The van der Waals surface area contributed by atoms with Crippen LogP contribution in [0, 0.1) is 5.92 Å². The highest BCUT2D eigenvalue weighted by Gasteiger charge is 2.29. The second kappa shape index (κ2) is 4.91. The molecule has 1 fully saturated rings. The minimum absolute atomic E-state index is 0.560. The maximum Gasteiger partial charge on any atom is 0.0934 e. The zero-order valence-corrected chi connectivity index (χ0v) is 11.9. The first-order valence-corrected chi connectivity index (χ1v) is 7.97. The number of thiophene rings is 1. The molecule has 0 aromatic carbocycles. The fraction of sp³-hybridized carbons (Fsp3) is 0.714. The van der Waals surface area contributed by atoms with E-state index in [2.05, 4.69) is 18.3 Å². The first-order chi connectivity index (χ1) is 8.24. The van der Waals surface area contributed by atoms with Crippen molar-refractivity contribution >= 4 is 22.9 Å². The van der Waals surface area contributed by atoms with E-state index in [4.69, 9.17) is 11.6 Å². The summed E-state index contributed by atoms with van der Waals surface area (Å²) in [5, 5.41) is 3.84. The molecule has 1 saturated carbocycles. The predicted molar refractivity (Wildman–Crippen MR) is 74.9 cm³/mol. The van der Waals surface area contributed by atoms with E-state index in [1.165, 1.54) is 49.0 Å². The monoisotopic (exact) mass is 269 g/mol. The maximum atomic E-state index is 6.10. The van der Waals surface area contributed by atoms with Gasteiger partial charge in [0, 0.05) is 17.0 Å². The summed E-state index contributed by atoms with van der Waals surface area (Å²) in [4.78, 5) is 1.51. The van der Waals surface area contributed by atoms with Gasteiger partial charge in [-0.2, -0.15) is 0 Å². The second-order valence-corrected chi connectivity index (χ2v) is 7.29. The molecule has 2 unspecified atom stereocenters. The van der Waals surface area contributed by atoms with Crippen LogP contribution >= 0.6 is 22.9 Å². The van der Waals surface area contributed by atoms with Gasteiger partial charge in [0.2, 0.25) is 0 Å². The van der Waals surface area contributed by atoms with Crippen molar-refractivity contribution in [2.24, 2.45) is 5.92 Å². The van der Waals surface area contributed by atoms with Gasteiger partial charge in [-0.3, -0.25) is 0 Å². The fourth-order valence-electron chi connectivity index (χ4n) is 3.41. The van der Waals surface area contributed by atoms with Gasteiger partial charge < -0.3 is 5.32 Å². The number of nitrogens with one attached hydrogen (secondary N) is 1. The van der Waals surface area contributed by atoms with E-state index in [1.807, 2.05) is 0 Å². The summed E-state index contributed by atoms with van der Waals surface area (Å²) in [6.45, 7) is 2.36. The first kappa shape index (κ1) is 12.0. The van der Waals surface area contributed by atoms with Crippen LogP contribution in [-0.4, -0.2) is 6.04 Å². The Morgan fingerprint density at radius 1 is 1.35 bits per heavy atom. The van der Waals surface area contributed by atoms with E-state index < -0.39 is 0 Å². The quantitative estimate of drug-likeness (QED) is 0.848. The maximum absolute atomic E-state index is 6.10. The Labute approximate surface area is 113 Å². The molecule has 0 aliphatic heterocycles. The number of aryl methyl sites for hydroxylation is 1. The van der Waals surface area contributed by atoms with Crippen molar-refractivity contribution in [3.05, 3.63) is 20.8 Å². The van der Waals surface area contributed by atoms with Crippen molar-refractivity contribution < 1.29 is 0 Å². The molecule has 17 heavy (non-hydrogen) atoms. The number of halogens is 1.